The minimum Gasteiger partial charge on any atom is -0.361 e. The Bertz CT molecular complexity index is 864. The van der Waals surface area contributed by atoms with Gasteiger partial charge in [-0.25, -0.2) is 0 Å². The van der Waals surface area contributed by atoms with Gasteiger partial charge in [0.1, 0.15) is 0 Å². The molecule has 0 saturated heterocycles. The van der Waals surface area contributed by atoms with E-state index >= 15 is 0 Å². The number of H-pyrrole nitrogens is 1. The van der Waals surface area contributed by atoms with Crippen LogP contribution in [0.3, 0.4) is 0 Å². The van der Waals surface area contributed by atoms with Crippen molar-refractivity contribution in [3.8, 4) is 22.8 Å². The van der Waals surface area contributed by atoms with Crippen molar-refractivity contribution in [1.82, 2.24) is 20.1 Å². The van der Waals surface area contributed by atoms with Crippen LogP contribution in [0.15, 0.2) is 59.5 Å². The predicted octanol–water partition coefficient (Wildman–Crippen LogP) is 3.28. The lowest BCUT2D eigenvalue weighted by Gasteiger charge is -1.94. The average Bonchev–Trinajstić information content (AvgIpc) is 3.16. The molecule has 0 amide bonds. The Kier molecular flexibility index (Phi) is 2.35. The Morgan fingerprint density at radius 2 is 1.85 bits per heavy atom. The van der Waals surface area contributed by atoms with E-state index in [0.29, 0.717) is 11.7 Å². The number of hydrogen-bond acceptors (Lipinski definition) is 4. The molecule has 0 spiro atoms. The monoisotopic (exact) mass is 262 g/mol. The highest BCUT2D eigenvalue weighted by atomic mass is 16.5. The summed E-state index contributed by atoms with van der Waals surface area (Å²) < 4.78 is 5.34. The third-order valence-corrected chi connectivity index (χ3v) is 3.17. The van der Waals surface area contributed by atoms with Crippen LogP contribution in [-0.4, -0.2) is 20.1 Å². The van der Waals surface area contributed by atoms with Gasteiger partial charge >= 0.3 is 0 Å². The van der Waals surface area contributed by atoms with E-state index in [-0.39, 0.29) is 0 Å². The second kappa shape index (κ2) is 4.31. The summed E-state index contributed by atoms with van der Waals surface area (Å²) in [5.74, 6) is 1.07. The molecule has 0 bridgehead atoms. The molecule has 5 nitrogen and oxygen atoms in total. The van der Waals surface area contributed by atoms with E-state index < -0.39 is 0 Å². The lowest BCUT2D eigenvalue weighted by atomic mass is 10.1. The van der Waals surface area contributed by atoms with Crippen LogP contribution < -0.4 is 0 Å². The molecule has 0 aliphatic carbocycles. The fourth-order valence-electron chi connectivity index (χ4n) is 2.14. The highest BCUT2D eigenvalue weighted by Gasteiger charge is 2.10. The first-order valence-corrected chi connectivity index (χ1v) is 6.22. The molecule has 96 valence electrons. The number of pyridine rings is 1. The molecule has 0 unspecified atom stereocenters. The Morgan fingerprint density at radius 3 is 2.75 bits per heavy atom. The zero-order valence-corrected chi connectivity index (χ0v) is 10.4. The summed E-state index contributed by atoms with van der Waals surface area (Å²) in [4.78, 5) is 11.6. The van der Waals surface area contributed by atoms with Gasteiger partial charge in [0, 0.05) is 35.2 Å². The minimum atomic E-state index is 0.508. The van der Waals surface area contributed by atoms with Crippen LogP contribution in [0.25, 0.3) is 33.7 Å². The van der Waals surface area contributed by atoms with Gasteiger partial charge in [-0.1, -0.05) is 11.2 Å². The van der Waals surface area contributed by atoms with Crippen molar-refractivity contribution in [3.05, 3.63) is 55.0 Å². The fraction of sp³-hybridized carbons (Fsp3) is 0. The van der Waals surface area contributed by atoms with Gasteiger partial charge in [-0.2, -0.15) is 4.98 Å². The molecule has 0 aliphatic rings. The zero-order valence-electron chi connectivity index (χ0n) is 10.4. The summed E-state index contributed by atoms with van der Waals surface area (Å²) in [5.41, 5.74) is 2.83. The van der Waals surface area contributed by atoms with Crippen LogP contribution in [0, 0.1) is 0 Å². The number of aromatic nitrogens is 4. The maximum absolute atomic E-state index is 5.34. The number of fused-ring (bicyclic) bond motifs is 1. The number of nitrogens with one attached hydrogen (secondary N) is 1. The minimum absolute atomic E-state index is 0.508. The Morgan fingerprint density at radius 1 is 0.950 bits per heavy atom. The lowest BCUT2D eigenvalue weighted by molar-refractivity contribution is 0.432. The molecule has 1 aromatic carbocycles. The van der Waals surface area contributed by atoms with Crippen LogP contribution >= 0.6 is 0 Å². The van der Waals surface area contributed by atoms with Gasteiger partial charge in [0.15, 0.2) is 0 Å². The highest BCUT2D eigenvalue weighted by molar-refractivity contribution is 5.83. The normalized spacial score (nSPS) is 11.0. The topological polar surface area (TPSA) is 67.6 Å². The van der Waals surface area contributed by atoms with E-state index in [1.807, 2.05) is 42.6 Å². The van der Waals surface area contributed by atoms with Gasteiger partial charge in [0.05, 0.1) is 0 Å². The SMILES string of the molecule is c1cc(-c2noc(-c3ccc4cc[nH]c4c3)n2)ccn1. The molecular weight excluding hydrogens is 252 g/mol. The van der Waals surface area contributed by atoms with Crippen LogP contribution in [-0.2, 0) is 0 Å². The quantitative estimate of drug-likeness (QED) is 0.602. The summed E-state index contributed by atoms with van der Waals surface area (Å²) >= 11 is 0. The van der Waals surface area contributed by atoms with Gasteiger partial charge < -0.3 is 9.51 Å². The second-order valence-corrected chi connectivity index (χ2v) is 4.44. The Balaban J connectivity index is 1.77. The van der Waals surface area contributed by atoms with Crippen molar-refractivity contribution in [1.29, 1.82) is 0 Å². The molecule has 3 heterocycles. The van der Waals surface area contributed by atoms with Crippen molar-refractivity contribution in [2.75, 3.05) is 0 Å². The van der Waals surface area contributed by atoms with Crippen molar-refractivity contribution in [3.63, 3.8) is 0 Å². The van der Waals surface area contributed by atoms with Gasteiger partial charge in [-0.15, -0.1) is 0 Å². The molecular formula is C15H10N4O. The van der Waals surface area contributed by atoms with Crippen molar-refractivity contribution >= 4 is 10.9 Å². The standard InChI is InChI=1S/C15H10N4O/c1-2-12(9-13-10(1)5-8-17-13)15-18-14(19-20-15)11-3-6-16-7-4-11/h1-9,17H. The number of hydrogen-bond donors (Lipinski definition) is 1. The third-order valence-electron chi connectivity index (χ3n) is 3.17. The van der Waals surface area contributed by atoms with Gasteiger partial charge in [0.25, 0.3) is 5.89 Å². The number of benzene rings is 1. The van der Waals surface area contributed by atoms with E-state index in [2.05, 4.69) is 20.1 Å². The van der Waals surface area contributed by atoms with Crippen LogP contribution in [0.4, 0.5) is 0 Å². The fourth-order valence-corrected chi connectivity index (χ4v) is 2.14. The highest BCUT2D eigenvalue weighted by Crippen LogP contribution is 2.24. The maximum atomic E-state index is 5.34. The molecule has 0 saturated carbocycles. The summed E-state index contributed by atoms with van der Waals surface area (Å²) in [6, 6.07) is 11.7. The Labute approximate surface area is 114 Å². The van der Waals surface area contributed by atoms with Crippen LogP contribution in [0.5, 0.6) is 0 Å². The molecule has 0 aliphatic heterocycles. The third kappa shape index (κ3) is 1.76. The van der Waals surface area contributed by atoms with Crippen LogP contribution in [0.2, 0.25) is 0 Å². The Hall–Kier alpha value is -2.95. The molecule has 0 atom stereocenters. The largest absolute Gasteiger partial charge is 0.361 e. The molecule has 0 radical (unpaired) electrons. The summed E-state index contributed by atoms with van der Waals surface area (Å²) in [5, 5.41) is 5.16. The second-order valence-electron chi connectivity index (χ2n) is 4.44. The van der Waals surface area contributed by atoms with Gasteiger partial charge in [0.2, 0.25) is 5.82 Å². The lowest BCUT2D eigenvalue weighted by Crippen LogP contribution is -1.81. The van der Waals surface area contributed by atoms with E-state index in [1.54, 1.807) is 12.4 Å². The van der Waals surface area contributed by atoms with Crippen molar-refractivity contribution in [2.45, 2.75) is 0 Å². The molecule has 4 aromatic rings. The van der Waals surface area contributed by atoms with E-state index in [1.165, 1.54) is 0 Å². The molecule has 4 rings (SSSR count). The molecule has 20 heavy (non-hydrogen) atoms. The summed E-state index contributed by atoms with van der Waals surface area (Å²) in [6.07, 6.45) is 5.32. The predicted molar refractivity (Wildman–Crippen MR) is 74.8 cm³/mol. The van der Waals surface area contributed by atoms with Gasteiger partial charge in [-0.05, 0) is 35.7 Å². The molecule has 5 heteroatoms. The van der Waals surface area contributed by atoms with Gasteiger partial charge in [-0.3, -0.25) is 4.98 Å². The van der Waals surface area contributed by atoms with E-state index in [4.69, 9.17) is 4.52 Å². The first-order chi connectivity index (χ1) is 9.90. The number of nitrogens with zero attached hydrogens (tertiary/aromatic N) is 3. The van der Waals surface area contributed by atoms with Crippen molar-refractivity contribution in [2.24, 2.45) is 0 Å². The first kappa shape index (κ1) is 10.9. The first-order valence-electron chi connectivity index (χ1n) is 6.22. The molecule has 3 aromatic heterocycles. The van der Waals surface area contributed by atoms with E-state index in [0.717, 1.165) is 22.0 Å². The number of aromatic amines is 1. The number of rotatable bonds is 2. The molecule has 1 N–H and O–H groups in total. The van der Waals surface area contributed by atoms with Crippen molar-refractivity contribution < 1.29 is 4.52 Å². The van der Waals surface area contributed by atoms with Crippen LogP contribution in [0.1, 0.15) is 0 Å². The zero-order chi connectivity index (χ0) is 13.4. The summed E-state index contributed by atoms with van der Waals surface area (Å²) in [6.45, 7) is 0. The maximum Gasteiger partial charge on any atom is 0.258 e. The van der Waals surface area contributed by atoms with E-state index in [9.17, 15) is 0 Å². The average molecular weight is 262 g/mol. The summed E-state index contributed by atoms with van der Waals surface area (Å²) in [7, 11) is 0. The molecule has 0 fully saturated rings. The smallest absolute Gasteiger partial charge is 0.258 e.